The highest BCUT2D eigenvalue weighted by atomic mass is 16.3. The van der Waals surface area contributed by atoms with E-state index in [0.29, 0.717) is 12.8 Å². The molecule has 0 aromatic heterocycles. The summed E-state index contributed by atoms with van der Waals surface area (Å²) in [5.41, 5.74) is 0. The van der Waals surface area contributed by atoms with E-state index in [9.17, 15) is 25.2 Å². The average molecular weight is 460 g/mol. The van der Waals surface area contributed by atoms with E-state index in [0.717, 1.165) is 32.1 Å². The lowest BCUT2D eigenvalue weighted by Crippen LogP contribution is -2.53. The lowest BCUT2D eigenvalue weighted by Gasteiger charge is -2.27. The molecule has 0 aliphatic heterocycles. The highest BCUT2D eigenvalue weighted by molar-refractivity contribution is 5.80. The van der Waals surface area contributed by atoms with Crippen LogP contribution < -0.4 is 5.32 Å². The highest BCUT2D eigenvalue weighted by Gasteiger charge is 2.28. The highest BCUT2D eigenvalue weighted by Crippen LogP contribution is 2.14. The van der Waals surface area contributed by atoms with Crippen LogP contribution >= 0.6 is 0 Å². The summed E-state index contributed by atoms with van der Waals surface area (Å²) in [7, 11) is 0. The van der Waals surface area contributed by atoms with Crippen molar-refractivity contribution in [2.75, 3.05) is 6.61 Å². The van der Waals surface area contributed by atoms with Crippen molar-refractivity contribution in [1.82, 2.24) is 5.32 Å². The number of carbonyl (C=O) groups excluding carboxylic acids is 1. The van der Waals surface area contributed by atoms with Crippen molar-refractivity contribution < 1.29 is 25.2 Å². The van der Waals surface area contributed by atoms with E-state index >= 15 is 0 Å². The average Bonchev–Trinajstić information content (AvgIpc) is 2.80. The quantitative estimate of drug-likeness (QED) is 0.143. The van der Waals surface area contributed by atoms with Crippen molar-refractivity contribution in [1.29, 1.82) is 0 Å². The number of nitrogens with one attached hydrogen (secondary N) is 1. The van der Waals surface area contributed by atoms with Gasteiger partial charge >= 0.3 is 0 Å². The van der Waals surface area contributed by atoms with Crippen molar-refractivity contribution >= 4 is 5.91 Å². The summed E-state index contributed by atoms with van der Waals surface area (Å²) in [4.78, 5) is 12.2. The minimum atomic E-state index is -1.25. The first-order valence-electron chi connectivity index (χ1n) is 13.4. The summed E-state index contributed by atoms with van der Waals surface area (Å²) in [6.07, 6.45) is 16.6. The molecule has 0 aliphatic carbocycles. The van der Waals surface area contributed by atoms with Crippen molar-refractivity contribution in [3.8, 4) is 0 Å². The molecular formula is C26H53NO5. The minimum Gasteiger partial charge on any atom is -0.394 e. The second-order valence-corrected chi connectivity index (χ2v) is 9.40. The maximum Gasteiger partial charge on any atom is 0.249 e. The van der Waals surface area contributed by atoms with Crippen LogP contribution in [0.5, 0.6) is 0 Å². The Labute approximate surface area is 197 Å². The predicted molar refractivity (Wildman–Crippen MR) is 131 cm³/mol. The number of carbonyl (C=O) groups is 1. The molecule has 0 aromatic carbocycles. The molecule has 6 nitrogen and oxygen atoms in total. The second kappa shape index (κ2) is 22.1. The van der Waals surface area contributed by atoms with E-state index in [-0.39, 0.29) is 0 Å². The van der Waals surface area contributed by atoms with E-state index in [1.54, 1.807) is 0 Å². The van der Waals surface area contributed by atoms with Gasteiger partial charge in [-0.3, -0.25) is 4.79 Å². The van der Waals surface area contributed by atoms with Gasteiger partial charge in [-0.2, -0.15) is 0 Å². The van der Waals surface area contributed by atoms with Gasteiger partial charge in [-0.15, -0.1) is 0 Å². The van der Waals surface area contributed by atoms with Crippen LogP contribution in [0.25, 0.3) is 0 Å². The van der Waals surface area contributed by atoms with Gasteiger partial charge in [-0.05, 0) is 12.8 Å². The first-order chi connectivity index (χ1) is 15.5. The molecule has 192 valence electrons. The number of hydrogen-bond donors (Lipinski definition) is 5. The van der Waals surface area contributed by atoms with Gasteiger partial charge in [-0.25, -0.2) is 0 Å². The number of unbranched alkanes of at least 4 members (excludes halogenated alkanes) is 14. The molecule has 0 heterocycles. The summed E-state index contributed by atoms with van der Waals surface area (Å²) < 4.78 is 0. The van der Waals surface area contributed by atoms with Crippen LogP contribution in [-0.2, 0) is 4.79 Å². The number of hydrogen-bond acceptors (Lipinski definition) is 5. The molecule has 0 fully saturated rings. The number of rotatable bonds is 23. The monoisotopic (exact) mass is 459 g/mol. The van der Waals surface area contributed by atoms with Gasteiger partial charge in [0.05, 0.1) is 18.8 Å². The summed E-state index contributed by atoms with van der Waals surface area (Å²) >= 11 is 0. The first-order valence-corrected chi connectivity index (χ1v) is 13.4. The molecule has 0 saturated carbocycles. The molecule has 5 N–H and O–H groups in total. The van der Waals surface area contributed by atoms with Crippen LogP contribution in [0, 0.1) is 0 Å². The fourth-order valence-corrected chi connectivity index (χ4v) is 4.03. The SMILES string of the molecule is CCCCCCCCCCCCCCCCC(O)C(=O)NC(CO)C(O)C(O)CCCC. The smallest absolute Gasteiger partial charge is 0.249 e. The molecular weight excluding hydrogens is 406 g/mol. The maximum atomic E-state index is 12.2. The summed E-state index contributed by atoms with van der Waals surface area (Å²) in [5.74, 6) is -0.597. The second-order valence-electron chi connectivity index (χ2n) is 9.40. The zero-order valence-electron chi connectivity index (χ0n) is 20.9. The topological polar surface area (TPSA) is 110 Å². The Hall–Kier alpha value is -0.690. The van der Waals surface area contributed by atoms with Gasteiger partial charge in [0.1, 0.15) is 12.2 Å². The third kappa shape index (κ3) is 16.9. The van der Waals surface area contributed by atoms with Gasteiger partial charge in [0, 0.05) is 0 Å². The normalized spacial score (nSPS) is 15.3. The molecule has 4 atom stereocenters. The molecule has 0 radical (unpaired) electrons. The molecule has 32 heavy (non-hydrogen) atoms. The molecule has 0 bridgehead atoms. The maximum absolute atomic E-state index is 12.2. The zero-order valence-corrected chi connectivity index (χ0v) is 20.9. The van der Waals surface area contributed by atoms with Crippen molar-refractivity contribution in [2.24, 2.45) is 0 Å². The van der Waals surface area contributed by atoms with Gasteiger partial charge < -0.3 is 25.7 Å². The lowest BCUT2D eigenvalue weighted by molar-refractivity contribution is -0.132. The standard InChI is InChI=1S/C26H53NO5/c1-3-5-7-8-9-10-11-12-13-14-15-16-17-18-20-24(30)26(32)27-22(21-28)25(31)23(29)19-6-4-2/h22-25,28-31H,3-21H2,1-2H3,(H,27,32). The van der Waals surface area contributed by atoms with Crippen molar-refractivity contribution in [2.45, 2.75) is 154 Å². The van der Waals surface area contributed by atoms with Gasteiger partial charge in [-0.1, -0.05) is 117 Å². The van der Waals surface area contributed by atoms with Crippen LogP contribution in [0.2, 0.25) is 0 Å². The molecule has 6 heteroatoms. The molecule has 4 unspecified atom stereocenters. The van der Waals surface area contributed by atoms with Crippen molar-refractivity contribution in [3.05, 3.63) is 0 Å². The Kier molecular flexibility index (Phi) is 21.6. The predicted octanol–water partition coefficient (Wildman–Crippen LogP) is 4.61. The number of aliphatic hydroxyl groups excluding tert-OH is 4. The van der Waals surface area contributed by atoms with Gasteiger partial charge in [0.2, 0.25) is 5.91 Å². The fourth-order valence-electron chi connectivity index (χ4n) is 4.03. The van der Waals surface area contributed by atoms with Crippen molar-refractivity contribution in [3.63, 3.8) is 0 Å². The van der Waals surface area contributed by atoms with Gasteiger partial charge in [0.15, 0.2) is 0 Å². The third-order valence-electron chi connectivity index (χ3n) is 6.32. The Morgan fingerprint density at radius 3 is 1.53 bits per heavy atom. The van der Waals surface area contributed by atoms with E-state index < -0.39 is 36.9 Å². The number of aliphatic hydroxyl groups is 4. The van der Waals surface area contributed by atoms with Crippen LogP contribution in [0.1, 0.15) is 129 Å². The summed E-state index contributed by atoms with van der Waals surface area (Å²) in [6.45, 7) is 3.75. The van der Waals surface area contributed by atoms with Crippen LogP contribution in [0.15, 0.2) is 0 Å². The molecule has 0 aliphatic rings. The van der Waals surface area contributed by atoms with E-state index in [1.807, 2.05) is 6.92 Å². The summed E-state index contributed by atoms with van der Waals surface area (Å²) in [6, 6.07) is -0.972. The first kappa shape index (κ1) is 31.3. The van der Waals surface area contributed by atoms with E-state index in [1.165, 1.54) is 70.6 Å². The molecule has 1 amide bonds. The molecule has 0 aromatic rings. The Morgan fingerprint density at radius 2 is 1.09 bits per heavy atom. The Balaban J connectivity index is 3.73. The Morgan fingerprint density at radius 1 is 0.656 bits per heavy atom. The molecule has 0 rings (SSSR count). The minimum absolute atomic E-state index is 0.372. The largest absolute Gasteiger partial charge is 0.394 e. The fraction of sp³-hybridized carbons (Fsp3) is 0.962. The zero-order chi connectivity index (χ0) is 24.0. The van der Waals surface area contributed by atoms with Crippen LogP contribution in [0.4, 0.5) is 0 Å². The molecule has 0 saturated heterocycles. The Bertz CT molecular complexity index is 421. The van der Waals surface area contributed by atoms with Crippen LogP contribution in [-0.4, -0.2) is 57.3 Å². The third-order valence-corrected chi connectivity index (χ3v) is 6.32. The lowest BCUT2D eigenvalue weighted by atomic mass is 10.0. The van der Waals surface area contributed by atoms with E-state index in [4.69, 9.17) is 0 Å². The van der Waals surface area contributed by atoms with E-state index in [2.05, 4.69) is 12.2 Å². The molecule has 0 spiro atoms. The van der Waals surface area contributed by atoms with Crippen LogP contribution in [0.3, 0.4) is 0 Å². The summed E-state index contributed by atoms with van der Waals surface area (Å²) in [5, 5.41) is 42.1. The van der Waals surface area contributed by atoms with Gasteiger partial charge in [0.25, 0.3) is 0 Å². The number of amides is 1.